The standard InChI is InChI=1S/C11H24N2S/c1-14(2)13-6-5-9-7-11(12)4-3-10(9)8-13/h9-11,14H,3-8,12H2,1-2H3. The molecule has 1 aliphatic heterocycles. The van der Waals surface area contributed by atoms with E-state index in [0.717, 1.165) is 11.8 Å². The zero-order chi connectivity index (χ0) is 10.1. The Morgan fingerprint density at radius 3 is 2.64 bits per heavy atom. The second-order valence-electron chi connectivity index (χ2n) is 5.14. The Morgan fingerprint density at radius 1 is 1.14 bits per heavy atom. The van der Waals surface area contributed by atoms with Crippen LogP contribution in [0.2, 0.25) is 0 Å². The molecule has 1 saturated heterocycles. The molecule has 3 unspecified atom stereocenters. The van der Waals surface area contributed by atoms with Crippen molar-refractivity contribution in [3.63, 3.8) is 0 Å². The van der Waals surface area contributed by atoms with E-state index in [1.54, 1.807) is 0 Å². The van der Waals surface area contributed by atoms with E-state index in [1.165, 1.54) is 38.8 Å². The van der Waals surface area contributed by atoms with Gasteiger partial charge in [-0.3, -0.25) is 4.31 Å². The molecule has 1 aliphatic carbocycles. The Balaban J connectivity index is 1.91. The molecule has 2 aliphatic rings. The third-order valence-electron chi connectivity index (χ3n) is 3.95. The quantitative estimate of drug-likeness (QED) is 0.652. The monoisotopic (exact) mass is 216 g/mol. The molecule has 2 fully saturated rings. The van der Waals surface area contributed by atoms with Crippen LogP contribution in [0.4, 0.5) is 0 Å². The highest BCUT2D eigenvalue weighted by atomic mass is 32.2. The van der Waals surface area contributed by atoms with Gasteiger partial charge in [-0.1, -0.05) is 0 Å². The van der Waals surface area contributed by atoms with Crippen molar-refractivity contribution in [3.05, 3.63) is 0 Å². The SMILES string of the molecule is C[SH](C)N1CCC2CC(N)CCC2C1. The number of thiol groups is 1. The normalized spacial score (nSPS) is 40.5. The van der Waals surface area contributed by atoms with E-state index < -0.39 is 0 Å². The summed E-state index contributed by atoms with van der Waals surface area (Å²) in [4.78, 5) is 0. The lowest BCUT2D eigenvalue weighted by atomic mass is 9.74. The molecule has 2 rings (SSSR count). The van der Waals surface area contributed by atoms with E-state index >= 15 is 0 Å². The minimum absolute atomic E-state index is 0.140. The molecular formula is C11H24N2S. The van der Waals surface area contributed by atoms with Gasteiger partial charge in [-0.05, 0) is 50.0 Å². The van der Waals surface area contributed by atoms with Gasteiger partial charge in [-0.25, -0.2) is 11.1 Å². The molecule has 0 aromatic carbocycles. The Bertz CT molecular complexity index is 196. The Morgan fingerprint density at radius 2 is 1.93 bits per heavy atom. The summed E-state index contributed by atoms with van der Waals surface area (Å²) in [5.74, 6) is 1.92. The minimum Gasteiger partial charge on any atom is -0.328 e. The highest BCUT2D eigenvalue weighted by Crippen LogP contribution is 2.39. The first kappa shape index (κ1) is 10.8. The zero-order valence-corrected chi connectivity index (χ0v) is 10.3. The fourth-order valence-corrected chi connectivity index (χ4v) is 4.05. The van der Waals surface area contributed by atoms with Gasteiger partial charge in [0.15, 0.2) is 0 Å². The molecule has 1 heterocycles. The molecule has 0 radical (unpaired) electrons. The van der Waals surface area contributed by atoms with E-state index in [-0.39, 0.29) is 11.1 Å². The molecule has 3 atom stereocenters. The number of nitrogens with zero attached hydrogens (tertiary/aromatic N) is 1. The Hall–Kier alpha value is 0.270. The first-order valence-electron chi connectivity index (χ1n) is 5.84. The molecule has 0 aromatic rings. The summed E-state index contributed by atoms with van der Waals surface area (Å²) in [6.45, 7) is 2.68. The lowest BCUT2D eigenvalue weighted by molar-refractivity contribution is 0.131. The molecule has 84 valence electrons. The van der Waals surface area contributed by atoms with Crippen molar-refractivity contribution < 1.29 is 0 Å². The van der Waals surface area contributed by atoms with Crippen LogP contribution in [0.15, 0.2) is 0 Å². The summed E-state index contributed by atoms with van der Waals surface area (Å²) in [7, 11) is 0. The lowest BCUT2D eigenvalue weighted by Crippen LogP contribution is -2.44. The van der Waals surface area contributed by atoms with Crippen molar-refractivity contribution in [3.8, 4) is 0 Å². The van der Waals surface area contributed by atoms with Gasteiger partial charge < -0.3 is 5.73 Å². The molecule has 14 heavy (non-hydrogen) atoms. The summed E-state index contributed by atoms with van der Waals surface area (Å²) in [6, 6.07) is 0.507. The maximum absolute atomic E-state index is 6.03. The predicted molar refractivity (Wildman–Crippen MR) is 65.8 cm³/mol. The van der Waals surface area contributed by atoms with Crippen molar-refractivity contribution in [2.75, 3.05) is 25.6 Å². The molecule has 2 nitrogen and oxygen atoms in total. The molecule has 2 N–H and O–H groups in total. The van der Waals surface area contributed by atoms with Crippen LogP contribution < -0.4 is 5.73 Å². The highest BCUT2D eigenvalue weighted by molar-refractivity contribution is 8.13. The number of rotatable bonds is 1. The Kier molecular flexibility index (Phi) is 3.40. The van der Waals surface area contributed by atoms with E-state index in [4.69, 9.17) is 5.73 Å². The second-order valence-corrected chi connectivity index (χ2v) is 7.40. The molecule has 3 heteroatoms. The number of hydrogen-bond donors (Lipinski definition) is 2. The maximum Gasteiger partial charge on any atom is 0.0102 e. The van der Waals surface area contributed by atoms with Crippen molar-refractivity contribution in [2.24, 2.45) is 17.6 Å². The molecule has 0 aromatic heterocycles. The van der Waals surface area contributed by atoms with E-state index in [9.17, 15) is 0 Å². The van der Waals surface area contributed by atoms with Gasteiger partial charge in [0.25, 0.3) is 0 Å². The van der Waals surface area contributed by atoms with Crippen LogP contribution in [-0.4, -0.2) is 35.9 Å². The zero-order valence-electron chi connectivity index (χ0n) is 9.45. The van der Waals surface area contributed by atoms with Gasteiger partial charge in [-0.2, -0.15) is 0 Å². The summed E-state index contributed by atoms with van der Waals surface area (Å²) in [6.07, 6.45) is 10.1. The first-order chi connectivity index (χ1) is 6.66. The highest BCUT2D eigenvalue weighted by Gasteiger charge is 2.33. The van der Waals surface area contributed by atoms with Crippen molar-refractivity contribution in [1.29, 1.82) is 0 Å². The summed E-state index contributed by atoms with van der Waals surface area (Å²) >= 11 is 0.140. The number of piperidine rings is 1. The van der Waals surface area contributed by atoms with E-state index in [2.05, 4.69) is 16.8 Å². The maximum atomic E-state index is 6.03. The number of nitrogens with two attached hydrogens (primary N) is 1. The largest absolute Gasteiger partial charge is 0.328 e. The van der Waals surface area contributed by atoms with Gasteiger partial charge in [0.05, 0.1) is 0 Å². The van der Waals surface area contributed by atoms with E-state index in [1.807, 2.05) is 0 Å². The van der Waals surface area contributed by atoms with E-state index in [0.29, 0.717) is 6.04 Å². The third-order valence-corrected chi connectivity index (χ3v) is 5.44. The number of hydrogen-bond acceptors (Lipinski definition) is 2. The van der Waals surface area contributed by atoms with Crippen LogP contribution in [0.3, 0.4) is 0 Å². The van der Waals surface area contributed by atoms with Crippen molar-refractivity contribution in [1.82, 2.24) is 4.31 Å². The molecule has 1 saturated carbocycles. The smallest absolute Gasteiger partial charge is 0.0102 e. The van der Waals surface area contributed by atoms with Crippen LogP contribution in [0.1, 0.15) is 25.7 Å². The van der Waals surface area contributed by atoms with Crippen molar-refractivity contribution in [2.45, 2.75) is 31.7 Å². The molecular weight excluding hydrogens is 192 g/mol. The van der Waals surface area contributed by atoms with Crippen LogP contribution in [0.25, 0.3) is 0 Å². The van der Waals surface area contributed by atoms with Gasteiger partial charge in [0.1, 0.15) is 0 Å². The number of fused-ring (bicyclic) bond motifs is 1. The van der Waals surface area contributed by atoms with Gasteiger partial charge in [0.2, 0.25) is 0 Å². The van der Waals surface area contributed by atoms with Crippen LogP contribution in [0.5, 0.6) is 0 Å². The fraction of sp³-hybridized carbons (Fsp3) is 1.00. The fourth-order valence-electron chi connectivity index (χ4n) is 3.00. The van der Waals surface area contributed by atoms with Crippen LogP contribution in [-0.2, 0) is 0 Å². The molecule has 0 bridgehead atoms. The topological polar surface area (TPSA) is 29.3 Å². The Labute approximate surface area is 90.7 Å². The average Bonchev–Trinajstić information content (AvgIpc) is 2.16. The van der Waals surface area contributed by atoms with Crippen LogP contribution >= 0.6 is 11.1 Å². The predicted octanol–water partition coefficient (Wildman–Crippen LogP) is 1.61. The van der Waals surface area contributed by atoms with Gasteiger partial charge in [-0.15, -0.1) is 0 Å². The third kappa shape index (κ3) is 2.26. The second kappa shape index (κ2) is 4.42. The lowest BCUT2D eigenvalue weighted by Gasteiger charge is -2.45. The summed E-state index contributed by atoms with van der Waals surface area (Å²) < 4.78 is 2.70. The molecule has 0 amide bonds. The first-order valence-corrected chi connectivity index (χ1v) is 8.03. The molecule has 0 spiro atoms. The van der Waals surface area contributed by atoms with Crippen LogP contribution in [0, 0.1) is 11.8 Å². The summed E-state index contributed by atoms with van der Waals surface area (Å²) in [5.41, 5.74) is 6.03. The minimum atomic E-state index is 0.140. The average molecular weight is 216 g/mol. The van der Waals surface area contributed by atoms with Gasteiger partial charge >= 0.3 is 0 Å². The van der Waals surface area contributed by atoms with Gasteiger partial charge in [0, 0.05) is 19.1 Å². The van der Waals surface area contributed by atoms with Crippen molar-refractivity contribution >= 4 is 11.1 Å². The summed E-state index contributed by atoms with van der Waals surface area (Å²) in [5, 5.41) is 0.